The summed E-state index contributed by atoms with van der Waals surface area (Å²) in [7, 11) is 0. The minimum Gasteiger partial charge on any atom is -0.324 e. The molecule has 5 nitrogen and oxygen atoms in total. The second kappa shape index (κ2) is 5.18. The average Bonchev–Trinajstić information content (AvgIpc) is 2.78. The molecule has 1 aromatic carbocycles. The molecule has 96 valence electrons. The molecule has 0 bridgehead atoms. The Bertz CT molecular complexity index is 516. The zero-order chi connectivity index (χ0) is 13.1. The number of H-pyrrole nitrogens is 1. The molecule has 0 spiro atoms. The van der Waals surface area contributed by atoms with Crippen molar-refractivity contribution in [1.82, 2.24) is 9.97 Å². The molecule has 0 saturated carbocycles. The van der Waals surface area contributed by atoms with Gasteiger partial charge in [-0.15, -0.1) is 0 Å². The van der Waals surface area contributed by atoms with Crippen LogP contribution in [-0.2, 0) is 4.79 Å². The smallest absolute Gasteiger partial charge is 0.243 e. The Morgan fingerprint density at radius 1 is 1.50 bits per heavy atom. The summed E-state index contributed by atoms with van der Waals surface area (Å²) >= 11 is 0. The van der Waals surface area contributed by atoms with Crippen molar-refractivity contribution >= 4 is 22.9 Å². The van der Waals surface area contributed by atoms with Crippen LogP contribution in [0, 0.1) is 5.92 Å². The number of hydrogen-bond donors (Lipinski definition) is 3. The first-order valence-corrected chi connectivity index (χ1v) is 6.13. The van der Waals surface area contributed by atoms with E-state index in [9.17, 15) is 4.79 Å². The van der Waals surface area contributed by atoms with E-state index in [1.165, 1.54) is 0 Å². The van der Waals surface area contributed by atoms with Crippen LogP contribution < -0.4 is 11.1 Å². The average molecular weight is 246 g/mol. The fraction of sp³-hybridized carbons (Fsp3) is 0.385. The Hall–Kier alpha value is -1.88. The summed E-state index contributed by atoms with van der Waals surface area (Å²) in [5, 5.41) is 2.72. The van der Waals surface area contributed by atoms with Crippen LogP contribution in [0.25, 0.3) is 11.0 Å². The van der Waals surface area contributed by atoms with E-state index in [1.54, 1.807) is 0 Å². The van der Waals surface area contributed by atoms with Gasteiger partial charge in [0.1, 0.15) is 0 Å². The van der Waals surface area contributed by atoms with Gasteiger partial charge in [0.05, 0.1) is 17.1 Å². The van der Waals surface area contributed by atoms with Gasteiger partial charge in [-0.2, -0.15) is 0 Å². The van der Waals surface area contributed by atoms with Crippen molar-refractivity contribution in [2.24, 2.45) is 11.7 Å². The van der Waals surface area contributed by atoms with Crippen LogP contribution >= 0.6 is 0 Å². The third-order valence-electron chi connectivity index (χ3n) is 3.19. The highest BCUT2D eigenvalue weighted by atomic mass is 16.2. The number of nitrogens with two attached hydrogens (primary N) is 1. The van der Waals surface area contributed by atoms with E-state index in [0.29, 0.717) is 5.95 Å². The Morgan fingerprint density at radius 3 is 2.89 bits per heavy atom. The summed E-state index contributed by atoms with van der Waals surface area (Å²) < 4.78 is 0. The molecule has 0 radical (unpaired) electrons. The van der Waals surface area contributed by atoms with Crippen molar-refractivity contribution in [1.29, 1.82) is 0 Å². The van der Waals surface area contributed by atoms with E-state index < -0.39 is 6.04 Å². The zero-order valence-corrected chi connectivity index (χ0v) is 10.6. The molecule has 2 rings (SSSR count). The molecule has 0 fully saturated rings. The lowest BCUT2D eigenvalue weighted by Crippen LogP contribution is -2.40. The van der Waals surface area contributed by atoms with Gasteiger partial charge >= 0.3 is 0 Å². The molecule has 2 aromatic rings. The van der Waals surface area contributed by atoms with Crippen molar-refractivity contribution < 1.29 is 4.79 Å². The molecule has 0 aliphatic heterocycles. The zero-order valence-electron chi connectivity index (χ0n) is 10.6. The standard InChI is InChI=1S/C13H18N4O/c1-3-8(2)11(14)12(18)17-13-15-9-6-4-5-7-10(9)16-13/h4-8,11H,3,14H2,1-2H3,(H2,15,16,17,18)/t8?,11-/m0/s1. The predicted molar refractivity (Wildman–Crippen MR) is 72.2 cm³/mol. The van der Waals surface area contributed by atoms with Crippen LogP contribution in [0.15, 0.2) is 24.3 Å². The number of anilines is 1. The van der Waals surface area contributed by atoms with Crippen LogP contribution in [0.5, 0.6) is 0 Å². The molecule has 5 heteroatoms. The SMILES string of the molecule is CCC(C)[C@H](N)C(=O)Nc1nc2ccccc2[nH]1. The summed E-state index contributed by atoms with van der Waals surface area (Å²) in [6.45, 7) is 3.97. The summed E-state index contributed by atoms with van der Waals surface area (Å²) in [5.74, 6) is 0.387. The number of nitrogens with one attached hydrogen (secondary N) is 2. The van der Waals surface area contributed by atoms with E-state index in [0.717, 1.165) is 17.5 Å². The number of rotatable bonds is 4. The molecular weight excluding hydrogens is 228 g/mol. The molecule has 1 unspecified atom stereocenters. The number of aromatic amines is 1. The van der Waals surface area contributed by atoms with Crippen molar-refractivity contribution in [2.45, 2.75) is 26.3 Å². The largest absolute Gasteiger partial charge is 0.324 e. The molecular formula is C13H18N4O. The Labute approximate surface area is 106 Å². The third kappa shape index (κ3) is 2.51. The number of para-hydroxylation sites is 2. The van der Waals surface area contributed by atoms with Gasteiger partial charge in [0.2, 0.25) is 11.9 Å². The highest BCUT2D eigenvalue weighted by Crippen LogP contribution is 2.14. The number of imidazole rings is 1. The number of nitrogens with zero attached hydrogens (tertiary/aromatic N) is 1. The first-order valence-electron chi connectivity index (χ1n) is 6.13. The van der Waals surface area contributed by atoms with Gasteiger partial charge in [-0.05, 0) is 18.1 Å². The van der Waals surface area contributed by atoms with Gasteiger partial charge in [0, 0.05) is 0 Å². The maximum Gasteiger partial charge on any atom is 0.243 e. The van der Waals surface area contributed by atoms with Crippen molar-refractivity contribution in [2.75, 3.05) is 5.32 Å². The lowest BCUT2D eigenvalue weighted by atomic mass is 10.00. The van der Waals surface area contributed by atoms with Gasteiger partial charge in [-0.1, -0.05) is 32.4 Å². The van der Waals surface area contributed by atoms with E-state index in [-0.39, 0.29) is 11.8 Å². The topological polar surface area (TPSA) is 83.8 Å². The van der Waals surface area contributed by atoms with Crippen molar-refractivity contribution in [3.8, 4) is 0 Å². The van der Waals surface area contributed by atoms with Crippen LogP contribution in [-0.4, -0.2) is 21.9 Å². The molecule has 1 amide bonds. The molecule has 2 atom stereocenters. The Balaban J connectivity index is 2.11. The number of carbonyl (C=O) groups excluding carboxylic acids is 1. The fourth-order valence-corrected chi connectivity index (χ4v) is 1.72. The molecule has 1 aromatic heterocycles. The van der Waals surface area contributed by atoms with Gasteiger partial charge < -0.3 is 10.7 Å². The fourth-order valence-electron chi connectivity index (χ4n) is 1.72. The normalized spacial score (nSPS) is 14.4. The second-order valence-electron chi connectivity index (χ2n) is 4.50. The minimum atomic E-state index is -0.511. The first kappa shape index (κ1) is 12.6. The maximum absolute atomic E-state index is 11.9. The maximum atomic E-state index is 11.9. The monoisotopic (exact) mass is 246 g/mol. The number of amides is 1. The number of hydrogen-bond acceptors (Lipinski definition) is 3. The number of benzene rings is 1. The Morgan fingerprint density at radius 2 is 2.22 bits per heavy atom. The quantitative estimate of drug-likeness (QED) is 0.770. The molecule has 0 aliphatic carbocycles. The molecule has 4 N–H and O–H groups in total. The highest BCUT2D eigenvalue weighted by Gasteiger charge is 2.20. The lowest BCUT2D eigenvalue weighted by molar-refractivity contribution is -0.118. The molecule has 0 saturated heterocycles. The van der Waals surface area contributed by atoms with Crippen LogP contribution in [0.3, 0.4) is 0 Å². The molecule has 0 aliphatic rings. The van der Waals surface area contributed by atoms with E-state index in [4.69, 9.17) is 5.73 Å². The number of carbonyl (C=O) groups is 1. The third-order valence-corrected chi connectivity index (χ3v) is 3.19. The predicted octanol–water partition coefficient (Wildman–Crippen LogP) is 1.87. The highest BCUT2D eigenvalue weighted by molar-refractivity contribution is 5.94. The second-order valence-corrected chi connectivity index (χ2v) is 4.50. The van der Waals surface area contributed by atoms with Crippen LogP contribution in [0.1, 0.15) is 20.3 Å². The minimum absolute atomic E-state index is 0.148. The van der Waals surface area contributed by atoms with Gasteiger partial charge in [-0.3, -0.25) is 10.1 Å². The van der Waals surface area contributed by atoms with Gasteiger partial charge in [-0.25, -0.2) is 4.98 Å². The van der Waals surface area contributed by atoms with E-state index in [1.807, 2.05) is 38.1 Å². The first-order chi connectivity index (χ1) is 8.61. The van der Waals surface area contributed by atoms with Crippen molar-refractivity contribution in [3.05, 3.63) is 24.3 Å². The van der Waals surface area contributed by atoms with Crippen molar-refractivity contribution in [3.63, 3.8) is 0 Å². The van der Waals surface area contributed by atoms with Crippen LogP contribution in [0.4, 0.5) is 5.95 Å². The molecule has 1 heterocycles. The summed E-state index contributed by atoms with van der Waals surface area (Å²) in [6.07, 6.45) is 0.870. The van der Waals surface area contributed by atoms with Gasteiger partial charge in [0.25, 0.3) is 0 Å². The summed E-state index contributed by atoms with van der Waals surface area (Å²) in [5.41, 5.74) is 7.58. The summed E-state index contributed by atoms with van der Waals surface area (Å²) in [6, 6.07) is 7.10. The van der Waals surface area contributed by atoms with Gasteiger partial charge in [0.15, 0.2) is 0 Å². The number of aromatic nitrogens is 2. The lowest BCUT2D eigenvalue weighted by Gasteiger charge is -2.16. The number of fused-ring (bicyclic) bond motifs is 1. The van der Waals surface area contributed by atoms with E-state index in [2.05, 4.69) is 15.3 Å². The van der Waals surface area contributed by atoms with E-state index >= 15 is 0 Å². The molecule has 18 heavy (non-hydrogen) atoms. The Kier molecular flexibility index (Phi) is 3.62. The summed E-state index contributed by atoms with van der Waals surface area (Å²) in [4.78, 5) is 19.2. The van der Waals surface area contributed by atoms with Crippen LogP contribution in [0.2, 0.25) is 0 Å².